The molecule has 1 aliphatic heterocycles. The van der Waals surface area contributed by atoms with Crippen LogP contribution in [0, 0.1) is 6.92 Å². The lowest BCUT2D eigenvalue weighted by molar-refractivity contribution is -0.0330. The number of nitrogens with zero attached hydrogens (tertiary/aromatic N) is 5. The summed E-state index contributed by atoms with van der Waals surface area (Å²) >= 11 is 0. The summed E-state index contributed by atoms with van der Waals surface area (Å²) in [6.07, 6.45) is 6.23. The van der Waals surface area contributed by atoms with Gasteiger partial charge in [-0.25, -0.2) is 0 Å². The highest BCUT2D eigenvalue weighted by atomic mass is 16.5. The SMILES string of the molecule is Cc1nn(C(C)C)cc1CN1CCOC(c2cnn(C)c2)C1. The molecule has 1 saturated heterocycles. The van der Waals surface area contributed by atoms with Gasteiger partial charge in [0.15, 0.2) is 0 Å². The van der Waals surface area contributed by atoms with Crippen molar-refractivity contribution in [2.24, 2.45) is 7.05 Å². The van der Waals surface area contributed by atoms with Gasteiger partial charge in [0.25, 0.3) is 0 Å². The van der Waals surface area contributed by atoms with Gasteiger partial charge in [-0.3, -0.25) is 14.3 Å². The summed E-state index contributed by atoms with van der Waals surface area (Å²) < 4.78 is 9.78. The van der Waals surface area contributed by atoms with Crippen LogP contribution in [0.3, 0.4) is 0 Å². The molecule has 3 rings (SSSR count). The number of aromatic nitrogens is 4. The van der Waals surface area contributed by atoms with E-state index in [2.05, 4.69) is 42.1 Å². The highest BCUT2D eigenvalue weighted by Crippen LogP contribution is 2.23. The number of ether oxygens (including phenoxy) is 1. The third-order valence-electron chi connectivity index (χ3n) is 4.19. The van der Waals surface area contributed by atoms with Gasteiger partial charge in [-0.1, -0.05) is 0 Å². The van der Waals surface area contributed by atoms with E-state index in [9.17, 15) is 0 Å². The summed E-state index contributed by atoms with van der Waals surface area (Å²) in [5.41, 5.74) is 3.58. The second-order valence-electron chi connectivity index (χ2n) is 6.36. The van der Waals surface area contributed by atoms with Gasteiger partial charge in [0.05, 0.1) is 24.6 Å². The van der Waals surface area contributed by atoms with E-state index in [1.54, 1.807) is 0 Å². The second kappa shape index (κ2) is 6.22. The van der Waals surface area contributed by atoms with Crippen molar-refractivity contribution in [2.45, 2.75) is 39.5 Å². The molecule has 0 aromatic carbocycles. The van der Waals surface area contributed by atoms with E-state index in [-0.39, 0.29) is 6.10 Å². The zero-order chi connectivity index (χ0) is 15.7. The predicted octanol–water partition coefficient (Wildman–Crippen LogP) is 2.08. The van der Waals surface area contributed by atoms with E-state index in [1.165, 1.54) is 5.56 Å². The van der Waals surface area contributed by atoms with Crippen molar-refractivity contribution in [3.63, 3.8) is 0 Å². The average molecular weight is 303 g/mol. The molecule has 22 heavy (non-hydrogen) atoms. The van der Waals surface area contributed by atoms with Gasteiger partial charge < -0.3 is 4.74 Å². The third-order valence-corrected chi connectivity index (χ3v) is 4.19. The Morgan fingerprint density at radius 2 is 2.18 bits per heavy atom. The van der Waals surface area contributed by atoms with Gasteiger partial charge in [0.2, 0.25) is 0 Å². The van der Waals surface area contributed by atoms with Crippen LogP contribution in [0.4, 0.5) is 0 Å². The monoisotopic (exact) mass is 303 g/mol. The smallest absolute Gasteiger partial charge is 0.0982 e. The first-order valence-corrected chi connectivity index (χ1v) is 7.90. The molecule has 2 aromatic heterocycles. The zero-order valence-electron chi connectivity index (χ0n) is 13.9. The minimum absolute atomic E-state index is 0.114. The molecule has 6 heteroatoms. The molecule has 0 bridgehead atoms. The molecule has 0 spiro atoms. The maximum absolute atomic E-state index is 5.90. The van der Waals surface area contributed by atoms with E-state index in [0.29, 0.717) is 6.04 Å². The first kappa shape index (κ1) is 15.2. The van der Waals surface area contributed by atoms with Crippen molar-refractivity contribution in [3.05, 3.63) is 35.4 Å². The molecule has 0 saturated carbocycles. The molecule has 0 radical (unpaired) electrons. The summed E-state index contributed by atoms with van der Waals surface area (Å²) in [7, 11) is 1.94. The van der Waals surface area contributed by atoms with Gasteiger partial charge in [0, 0.05) is 56.2 Å². The van der Waals surface area contributed by atoms with Crippen LogP contribution in [0.15, 0.2) is 18.6 Å². The van der Waals surface area contributed by atoms with Gasteiger partial charge in [-0.05, 0) is 20.8 Å². The molecular formula is C16H25N5O. The Kier molecular flexibility index (Phi) is 4.31. The van der Waals surface area contributed by atoms with E-state index in [1.807, 2.05) is 28.8 Å². The van der Waals surface area contributed by atoms with Gasteiger partial charge >= 0.3 is 0 Å². The Morgan fingerprint density at radius 3 is 2.82 bits per heavy atom. The lowest BCUT2D eigenvalue weighted by atomic mass is 10.1. The molecule has 0 amide bonds. The number of aryl methyl sites for hydroxylation is 2. The first-order chi connectivity index (χ1) is 10.5. The summed E-state index contributed by atoms with van der Waals surface area (Å²) in [5.74, 6) is 0. The standard InChI is InChI=1S/C16H25N5O/c1-12(2)21-10-15(13(3)18-21)9-20-5-6-22-16(11-20)14-7-17-19(4)8-14/h7-8,10,12,16H,5-6,9,11H2,1-4H3. The van der Waals surface area contributed by atoms with Crippen LogP contribution in [-0.2, 0) is 18.3 Å². The molecule has 3 heterocycles. The Balaban J connectivity index is 1.67. The van der Waals surface area contributed by atoms with Gasteiger partial charge in [-0.15, -0.1) is 0 Å². The van der Waals surface area contributed by atoms with Gasteiger partial charge in [0.1, 0.15) is 0 Å². The average Bonchev–Trinajstić information content (AvgIpc) is 3.06. The molecular weight excluding hydrogens is 278 g/mol. The highest BCUT2D eigenvalue weighted by Gasteiger charge is 2.24. The van der Waals surface area contributed by atoms with Crippen LogP contribution in [0.25, 0.3) is 0 Å². The molecule has 1 aliphatic rings. The molecule has 1 unspecified atom stereocenters. The van der Waals surface area contributed by atoms with Crippen molar-refractivity contribution >= 4 is 0 Å². The van der Waals surface area contributed by atoms with Crippen molar-refractivity contribution in [1.29, 1.82) is 0 Å². The first-order valence-electron chi connectivity index (χ1n) is 7.90. The predicted molar refractivity (Wildman–Crippen MR) is 84.5 cm³/mol. The molecule has 1 fully saturated rings. The minimum Gasteiger partial charge on any atom is -0.371 e. The fraction of sp³-hybridized carbons (Fsp3) is 0.625. The normalized spacial score (nSPS) is 20.0. The highest BCUT2D eigenvalue weighted by molar-refractivity contribution is 5.16. The largest absolute Gasteiger partial charge is 0.371 e. The summed E-state index contributed by atoms with van der Waals surface area (Å²) in [5, 5.41) is 8.84. The molecule has 0 aliphatic carbocycles. The molecule has 0 N–H and O–H groups in total. The van der Waals surface area contributed by atoms with Crippen molar-refractivity contribution in [3.8, 4) is 0 Å². The molecule has 120 valence electrons. The van der Waals surface area contributed by atoms with Crippen LogP contribution in [0.5, 0.6) is 0 Å². The summed E-state index contributed by atoms with van der Waals surface area (Å²) in [6.45, 7) is 9.96. The Hall–Kier alpha value is -1.66. The Morgan fingerprint density at radius 1 is 1.36 bits per heavy atom. The lowest BCUT2D eigenvalue weighted by Crippen LogP contribution is -2.37. The van der Waals surface area contributed by atoms with Crippen LogP contribution >= 0.6 is 0 Å². The number of hydrogen-bond acceptors (Lipinski definition) is 4. The molecule has 2 aromatic rings. The van der Waals surface area contributed by atoms with E-state index >= 15 is 0 Å². The van der Waals surface area contributed by atoms with E-state index < -0.39 is 0 Å². The van der Waals surface area contributed by atoms with Crippen molar-refractivity contribution in [2.75, 3.05) is 19.7 Å². The fourth-order valence-electron chi connectivity index (χ4n) is 2.83. The van der Waals surface area contributed by atoms with Crippen LogP contribution in [0.2, 0.25) is 0 Å². The Labute approximate surface area is 131 Å². The maximum atomic E-state index is 5.90. The third kappa shape index (κ3) is 3.23. The molecule has 6 nitrogen and oxygen atoms in total. The summed E-state index contributed by atoms with van der Waals surface area (Å²) in [4.78, 5) is 2.44. The second-order valence-corrected chi connectivity index (χ2v) is 6.36. The topological polar surface area (TPSA) is 48.1 Å². The van der Waals surface area contributed by atoms with Gasteiger partial charge in [-0.2, -0.15) is 10.2 Å². The van der Waals surface area contributed by atoms with Crippen LogP contribution < -0.4 is 0 Å². The van der Waals surface area contributed by atoms with Crippen LogP contribution in [0.1, 0.15) is 42.8 Å². The van der Waals surface area contributed by atoms with E-state index in [0.717, 1.165) is 37.5 Å². The number of hydrogen-bond donors (Lipinski definition) is 0. The fourth-order valence-corrected chi connectivity index (χ4v) is 2.83. The van der Waals surface area contributed by atoms with Crippen LogP contribution in [-0.4, -0.2) is 44.2 Å². The van der Waals surface area contributed by atoms with Crippen molar-refractivity contribution in [1.82, 2.24) is 24.5 Å². The maximum Gasteiger partial charge on any atom is 0.0982 e. The lowest BCUT2D eigenvalue weighted by Gasteiger charge is -2.32. The minimum atomic E-state index is 0.114. The van der Waals surface area contributed by atoms with E-state index in [4.69, 9.17) is 4.74 Å². The Bertz CT molecular complexity index is 630. The molecule has 1 atom stereocenters. The quantitative estimate of drug-likeness (QED) is 0.867. The zero-order valence-corrected chi connectivity index (χ0v) is 13.9. The number of rotatable bonds is 4. The number of morpholine rings is 1. The summed E-state index contributed by atoms with van der Waals surface area (Å²) in [6, 6.07) is 0.403. The van der Waals surface area contributed by atoms with Crippen molar-refractivity contribution < 1.29 is 4.74 Å².